The van der Waals surface area contributed by atoms with Gasteiger partial charge < -0.3 is 9.84 Å². The molecule has 1 fully saturated rings. The van der Waals surface area contributed by atoms with E-state index in [-0.39, 0.29) is 0 Å². The molecule has 2 unspecified atom stereocenters. The molecule has 2 rings (SSSR count). The maximum atomic E-state index is 9.44. The molecule has 1 heterocycles. The molecule has 0 amide bonds. The van der Waals surface area contributed by atoms with Gasteiger partial charge in [0.25, 0.3) is 0 Å². The van der Waals surface area contributed by atoms with Gasteiger partial charge in [-0.3, -0.25) is 0 Å². The molecular formula is C12H16O2. The summed E-state index contributed by atoms with van der Waals surface area (Å²) in [4.78, 5) is 0. The smallest absolute Gasteiger partial charge is 0.157 e. The monoisotopic (exact) mass is 192 g/mol. The fraction of sp³-hybridized carbons (Fsp3) is 0.500. The van der Waals surface area contributed by atoms with E-state index in [0.29, 0.717) is 12.5 Å². The molecule has 0 spiro atoms. The summed E-state index contributed by atoms with van der Waals surface area (Å²) in [5, 5.41) is 9.44. The predicted molar refractivity (Wildman–Crippen MR) is 54.8 cm³/mol. The van der Waals surface area contributed by atoms with Crippen LogP contribution in [0.1, 0.15) is 18.4 Å². The van der Waals surface area contributed by atoms with E-state index in [1.807, 2.05) is 6.07 Å². The number of hydrogen-bond acceptors (Lipinski definition) is 2. The Morgan fingerprint density at radius 3 is 2.71 bits per heavy atom. The van der Waals surface area contributed by atoms with Crippen LogP contribution in [0, 0.1) is 5.92 Å². The normalized spacial score (nSPS) is 26.6. The Kier molecular flexibility index (Phi) is 3.17. The van der Waals surface area contributed by atoms with Crippen LogP contribution < -0.4 is 0 Å². The molecule has 2 atom stereocenters. The van der Waals surface area contributed by atoms with E-state index < -0.39 is 6.29 Å². The zero-order chi connectivity index (χ0) is 9.80. The summed E-state index contributed by atoms with van der Waals surface area (Å²) in [5.74, 6) is 0.329. The first-order valence-corrected chi connectivity index (χ1v) is 5.20. The summed E-state index contributed by atoms with van der Waals surface area (Å²) in [6.45, 7) is 0.709. The van der Waals surface area contributed by atoms with Crippen molar-refractivity contribution < 1.29 is 9.84 Å². The van der Waals surface area contributed by atoms with Gasteiger partial charge in [-0.2, -0.15) is 0 Å². The molecule has 0 radical (unpaired) electrons. The van der Waals surface area contributed by atoms with Gasteiger partial charge in [0.2, 0.25) is 0 Å². The van der Waals surface area contributed by atoms with Crippen LogP contribution in [0.15, 0.2) is 30.3 Å². The molecule has 1 aromatic rings. The number of aliphatic hydroxyl groups is 1. The molecule has 0 aromatic heterocycles. The fourth-order valence-electron chi connectivity index (χ4n) is 1.90. The van der Waals surface area contributed by atoms with Crippen molar-refractivity contribution in [2.75, 3.05) is 6.61 Å². The quantitative estimate of drug-likeness (QED) is 0.793. The van der Waals surface area contributed by atoms with Crippen molar-refractivity contribution in [3.63, 3.8) is 0 Å². The van der Waals surface area contributed by atoms with Crippen molar-refractivity contribution in [2.45, 2.75) is 25.6 Å². The minimum absolute atomic E-state index is 0.329. The lowest BCUT2D eigenvalue weighted by molar-refractivity contribution is -0.0832. The number of aryl methyl sites for hydroxylation is 1. The molecule has 2 nitrogen and oxygen atoms in total. The van der Waals surface area contributed by atoms with Crippen LogP contribution in [0.2, 0.25) is 0 Å². The van der Waals surface area contributed by atoms with Crippen molar-refractivity contribution in [2.24, 2.45) is 5.92 Å². The van der Waals surface area contributed by atoms with Crippen molar-refractivity contribution in [3.8, 4) is 0 Å². The highest BCUT2D eigenvalue weighted by Crippen LogP contribution is 2.23. The van der Waals surface area contributed by atoms with E-state index in [9.17, 15) is 5.11 Å². The third-order valence-corrected chi connectivity index (χ3v) is 2.83. The molecule has 1 saturated heterocycles. The van der Waals surface area contributed by atoms with Crippen LogP contribution in [-0.4, -0.2) is 18.0 Å². The lowest BCUT2D eigenvalue weighted by Gasteiger charge is -2.12. The minimum Gasteiger partial charge on any atom is -0.368 e. The highest BCUT2D eigenvalue weighted by Gasteiger charge is 2.25. The SMILES string of the molecule is OC1OCCC1CCc1ccccc1. The Hall–Kier alpha value is -0.860. The molecule has 2 heteroatoms. The highest BCUT2D eigenvalue weighted by molar-refractivity contribution is 5.14. The summed E-state index contributed by atoms with van der Waals surface area (Å²) in [7, 11) is 0. The second kappa shape index (κ2) is 4.58. The van der Waals surface area contributed by atoms with Crippen LogP contribution in [0.4, 0.5) is 0 Å². The first-order chi connectivity index (χ1) is 6.86. The second-order valence-electron chi connectivity index (χ2n) is 3.83. The number of ether oxygens (including phenoxy) is 1. The van der Waals surface area contributed by atoms with Crippen LogP contribution in [0.5, 0.6) is 0 Å². The topological polar surface area (TPSA) is 29.5 Å². The molecule has 0 aliphatic carbocycles. The van der Waals surface area contributed by atoms with Gasteiger partial charge in [0.05, 0.1) is 6.61 Å². The first-order valence-electron chi connectivity index (χ1n) is 5.20. The summed E-state index contributed by atoms with van der Waals surface area (Å²) in [6.07, 6.45) is 2.52. The average Bonchev–Trinajstić information content (AvgIpc) is 2.63. The van der Waals surface area contributed by atoms with Crippen LogP contribution in [0.3, 0.4) is 0 Å². The van der Waals surface area contributed by atoms with E-state index in [1.54, 1.807) is 0 Å². The molecule has 1 aromatic carbocycles. The maximum Gasteiger partial charge on any atom is 0.157 e. The van der Waals surface area contributed by atoms with Gasteiger partial charge in [-0.25, -0.2) is 0 Å². The van der Waals surface area contributed by atoms with Crippen molar-refractivity contribution in [1.82, 2.24) is 0 Å². The first kappa shape index (κ1) is 9.69. The standard InChI is InChI=1S/C12H16O2/c13-12-11(8-9-14-12)7-6-10-4-2-1-3-5-10/h1-5,11-13H,6-9H2. The van der Waals surface area contributed by atoms with E-state index in [4.69, 9.17) is 4.74 Å². The second-order valence-corrected chi connectivity index (χ2v) is 3.83. The van der Waals surface area contributed by atoms with Gasteiger partial charge in [-0.15, -0.1) is 0 Å². The molecule has 1 aliphatic heterocycles. The van der Waals surface area contributed by atoms with E-state index in [2.05, 4.69) is 24.3 Å². The summed E-state index contributed by atoms with van der Waals surface area (Å²) in [5.41, 5.74) is 1.34. The van der Waals surface area contributed by atoms with Crippen LogP contribution in [0.25, 0.3) is 0 Å². The lowest BCUT2D eigenvalue weighted by atomic mass is 9.98. The van der Waals surface area contributed by atoms with E-state index >= 15 is 0 Å². The predicted octanol–water partition coefficient (Wildman–Crippen LogP) is 1.97. The highest BCUT2D eigenvalue weighted by atomic mass is 16.6. The van der Waals surface area contributed by atoms with Gasteiger partial charge >= 0.3 is 0 Å². The third kappa shape index (κ3) is 2.34. The molecule has 1 aliphatic rings. The van der Waals surface area contributed by atoms with Crippen LogP contribution in [-0.2, 0) is 11.2 Å². The lowest BCUT2D eigenvalue weighted by Crippen LogP contribution is -2.15. The van der Waals surface area contributed by atoms with Crippen LogP contribution >= 0.6 is 0 Å². The van der Waals surface area contributed by atoms with Gasteiger partial charge in [-0.1, -0.05) is 30.3 Å². The molecule has 0 saturated carbocycles. The summed E-state index contributed by atoms with van der Waals surface area (Å²) in [6, 6.07) is 10.4. The zero-order valence-corrected chi connectivity index (χ0v) is 8.23. The van der Waals surface area contributed by atoms with Crippen molar-refractivity contribution in [3.05, 3.63) is 35.9 Å². The zero-order valence-electron chi connectivity index (χ0n) is 8.23. The number of aliphatic hydroxyl groups excluding tert-OH is 1. The minimum atomic E-state index is -0.529. The fourth-order valence-corrected chi connectivity index (χ4v) is 1.90. The Bertz CT molecular complexity index is 271. The Morgan fingerprint density at radius 2 is 2.07 bits per heavy atom. The molecule has 76 valence electrons. The molecule has 14 heavy (non-hydrogen) atoms. The Labute approximate surface area is 84.5 Å². The largest absolute Gasteiger partial charge is 0.368 e. The number of hydrogen-bond donors (Lipinski definition) is 1. The van der Waals surface area contributed by atoms with Gasteiger partial charge in [-0.05, 0) is 24.8 Å². The Balaban J connectivity index is 1.82. The summed E-state index contributed by atoms with van der Waals surface area (Å²) >= 11 is 0. The van der Waals surface area contributed by atoms with Crippen molar-refractivity contribution in [1.29, 1.82) is 0 Å². The number of rotatable bonds is 3. The third-order valence-electron chi connectivity index (χ3n) is 2.83. The van der Waals surface area contributed by atoms with Gasteiger partial charge in [0, 0.05) is 5.92 Å². The average molecular weight is 192 g/mol. The van der Waals surface area contributed by atoms with Crippen molar-refractivity contribution >= 4 is 0 Å². The summed E-state index contributed by atoms with van der Waals surface area (Å²) < 4.78 is 5.11. The maximum absolute atomic E-state index is 9.44. The van der Waals surface area contributed by atoms with E-state index in [1.165, 1.54) is 5.56 Å². The molecule has 1 N–H and O–H groups in total. The molecular weight excluding hydrogens is 176 g/mol. The van der Waals surface area contributed by atoms with Gasteiger partial charge in [0.1, 0.15) is 0 Å². The number of benzene rings is 1. The Morgan fingerprint density at radius 1 is 1.29 bits per heavy atom. The van der Waals surface area contributed by atoms with Gasteiger partial charge in [0.15, 0.2) is 6.29 Å². The van der Waals surface area contributed by atoms with E-state index in [0.717, 1.165) is 19.3 Å². The molecule has 0 bridgehead atoms.